The van der Waals surface area contributed by atoms with Gasteiger partial charge in [-0.15, -0.1) is 11.8 Å². The van der Waals surface area contributed by atoms with Gasteiger partial charge in [-0.2, -0.15) is 5.26 Å². The highest BCUT2D eigenvalue weighted by molar-refractivity contribution is 7.98. The van der Waals surface area contributed by atoms with E-state index in [0.29, 0.717) is 12.1 Å². The lowest BCUT2D eigenvalue weighted by atomic mass is 10.1. The Kier molecular flexibility index (Phi) is 4.43. The largest absolute Gasteiger partial charge is 0.380 e. The first-order chi connectivity index (χ1) is 9.26. The first kappa shape index (κ1) is 13.4. The highest BCUT2D eigenvalue weighted by Crippen LogP contribution is 2.25. The third-order valence-electron chi connectivity index (χ3n) is 2.78. The predicted molar refractivity (Wildman–Crippen MR) is 76.7 cm³/mol. The number of nitrogens with one attached hydrogen (secondary N) is 1. The summed E-state index contributed by atoms with van der Waals surface area (Å²) in [4.78, 5) is 1.11. The fourth-order valence-corrected chi connectivity index (χ4v) is 2.36. The molecule has 0 saturated carbocycles. The molecule has 2 rings (SSSR count). The summed E-state index contributed by atoms with van der Waals surface area (Å²) in [6.45, 7) is 0.360. The molecule has 0 radical (unpaired) electrons. The lowest BCUT2D eigenvalue weighted by Gasteiger charge is -2.11. The van der Waals surface area contributed by atoms with Crippen LogP contribution in [0.2, 0.25) is 0 Å². The number of halogens is 1. The number of hydrogen-bond acceptors (Lipinski definition) is 3. The summed E-state index contributed by atoms with van der Waals surface area (Å²) in [5.41, 5.74) is 1.55. The van der Waals surface area contributed by atoms with E-state index < -0.39 is 5.82 Å². The zero-order valence-corrected chi connectivity index (χ0v) is 11.3. The lowest BCUT2D eigenvalue weighted by molar-refractivity contribution is 0.609. The summed E-state index contributed by atoms with van der Waals surface area (Å²) in [6.07, 6.45) is 2.00. The molecule has 0 aromatic heterocycles. The molecule has 19 heavy (non-hydrogen) atoms. The van der Waals surface area contributed by atoms with E-state index in [9.17, 15) is 4.39 Å². The van der Waals surface area contributed by atoms with E-state index in [4.69, 9.17) is 5.26 Å². The Balaban J connectivity index is 2.17. The van der Waals surface area contributed by atoms with Gasteiger partial charge in [-0.05, 0) is 24.5 Å². The van der Waals surface area contributed by atoms with E-state index in [-0.39, 0.29) is 5.56 Å². The van der Waals surface area contributed by atoms with Gasteiger partial charge in [0.25, 0.3) is 0 Å². The van der Waals surface area contributed by atoms with Crippen molar-refractivity contribution in [3.63, 3.8) is 0 Å². The van der Waals surface area contributed by atoms with Gasteiger partial charge in [0.05, 0.1) is 5.56 Å². The molecule has 0 unspecified atom stereocenters. The van der Waals surface area contributed by atoms with Gasteiger partial charge in [0.1, 0.15) is 11.9 Å². The molecule has 0 fully saturated rings. The van der Waals surface area contributed by atoms with Gasteiger partial charge in [0.2, 0.25) is 0 Å². The average Bonchev–Trinajstić information content (AvgIpc) is 2.46. The van der Waals surface area contributed by atoms with E-state index in [0.717, 1.165) is 10.6 Å². The molecule has 0 atom stereocenters. The lowest BCUT2D eigenvalue weighted by Crippen LogP contribution is -2.03. The Morgan fingerprint density at radius 2 is 2.00 bits per heavy atom. The minimum Gasteiger partial charge on any atom is -0.380 e. The number of benzene rings is 2. The number of thioether (sulfide) groups is 1. The van der Waals surface area contributed by atoms with Crippen LogP contribution in [0.25, 0.3) is 0 Å². The van der Waals surface area contributed by atoms with Gasteiger partial charge in [-0.1, -0.05) is 24.3 Å². The summed E-state index contributed by atoms with van der Waals surface area (Å²) in [7, 11) is 0. The molecular formula is C15H13FN2S. The molecule has 4 heteroatoms. The maximum Gasteiger partial charge on any atom is 0.145 e. The summed E-state index contributed by atoms with van der Waals surface area (Å²) < 4.78 is 13.9. The van der Waals surface area contributed by atoms with Crippen LogP contribution in [0, 0.1) is 17.1 Å². The number of nitriles is 1. The molecule has 0 aliphatic carbocycles. The van der Waals surface area contributed by atoms with Crippen LogP contribution in [0.3, 0.4) is 0 Å². The molecule has 0 amide bonds. The first-order valence-corrected chi connectivity index (χ1v) is 7.03. The van der Waals surface area contributed by atoms with E-state index in [1.165, 1.54) is 6.07 Å². The number of rotatable bonds is 4. The molecule has 0 spiro atoms. The molecule has 2 aromatic carbocycles. The van der Waals surface area contributed by atoms with E-state index >= 15 is 0 Å². The van der Waals surface area contributed by atoms with Gasteiger partial charge in [0.15, 0.2) is 0 Å². The Morgan fingerprint density at radius 1 is 1.21 bits per heavy atom. The van der Waals surface area contributed by atoms with Gasteiger partial charge in [0, 0.05) is 22.7 Å². The Bertz CT molecular complexity index is 620. The summed E-state index contributed by atoms with van der Waals surface area (Å²) >= 11 is 1.63. The second kappa shape index (κ2) is 6.26. The maximum atomic E-state index is 13.9. The minimum atomic E-state index is -0.445. The molecule has 2 nitrogen and oxygen atoms in total. The minimum absolute atomic E-state index is 0.0810. The topological polar surface area (TPSA) is 35.8 Å². The van der Waals surface area contributed by atoms with Crippen molar-refractivity contribution in [2.24, 2.45) is 0 Å². The summed E-state index contributed by atoms with van der Waals surface area (Å²) in [6, 6.07) is 14.6. The highest BCUT2D eigenvalue weighted by Gasteiger charge is 2.07. The van der Waals surface area contributed by atoms with E-state index in [1.807, 2.05) is 36.6 Å². The number of hydrogen-bond donors (Lipinski definition) is 1. The molecule has 0 aliphatic rings. The molecule has 1 N–H and O–H groups in total. The van der Waals surface area contributed by atoms with Crippen LogP contribution in [-0.2, 0) is 6.54 Å². The standard InChI is InChI=1S/C15H13FN2S/c1-19-14-8-3-2-7-13(14)18-10-12-6-4-5-11(9-17)15(12)16/h2-8,18H,10H2,1H3. The van der Waals surface area contributed by atoms with Gasteiger partial charge in [-0.25, -0.2) is 4.39 Å². The second-order valence-corrected chi connectivity index (χ2v) is 4.79. The zero-order chi connectivity index (χ0) is 13.7. The van der Waals surface area contributed by atoms with Gasteiger partial charge >= 0.3 is 0 Å². The van der Waals surface area contributed by atoms with Crippen LogP contribution < -0.4 is 5.32 Å². The molecule has 0 heterocycles. The zero-order valence-electron chi connectivity index (χ0n) is 10.5. The van der Waals surface area contributed by atoms with Crippen molar-refractivity contribution in [1.29, 1.82) is 5.26 Å². The van der Waals surface area contributed by atoms with Crippen LogP contribution in [0.1, 0.15) is 11.1 Å². The van der Waals surface area contributed by atoms with Crippen LogP contribution in [0.15, 0.2) is 47.4 Å². The molecule has 0 aliphatic heterocycles. The summed E-state index contributed by atoms with van der Waals surface area (Å²) in [5, 5.41) is 12.0. The van der Waals surface area contributed by atoms with Crippen LogP contribution in [-0.4, -0.2) is 6.26 Å². The highest BCUT2D eigenvalue weighted by atomic mass is 32.2. The smallest absolute Gasteiger partial charge is 0.145 e. The molecular weight excluding hydrogens is 259 g/mol. The Morgan fingerprint density at radius 3 is 2.74 bits per heavy atom. The van der Waals surface area contributed by atoms with Crippen LogP contribution >= 0.6 is 11.8 Å². The second-order valence-electron chi connectivity index (χ2n) is 3.94. The monoisotopic (exact) mass is 272 g/mol. The third-order valence-corrected chi connectivity index (χ3v) is 3.57. The van der Waals surface area contributed by atoms with Crippen molar-refractivity contribution in [2.45, 2.75) is 11.4 Å². The molecule has 96 valence electrons. The van der Waals surface area contributed by atoms with Crippen molar-refractivity contribution in [3.05, 3.63) is 59.4 Å². The average molecular weight is 272 g/mol. The van der Waals surface area contributed by atoms with Gasteiger partial charge in [-0.3, -0.25) is 0 Å². The predicted octanol–water partition coefficient (Wildman–Crippen LogP) is 4.03. The number of para-hydroxylation sites is 1. The third kappa shape index (κ3) is 3.07. The Hall–Kier alpha value is -1.99. The fourth-order valence-electron chi connectivity index (χ4n) is 1.78. The van der Waals surface area contributed by atoms with Crippen LogP contribution in [0.5, 0.6) is 0 Å². The SMILES string of the molecule is CSc1ccccc1NCc1cccc(C#N)c1F. The van der Waals surface area contributed by atoms with Gasteiger partial charge < -0.3 is 5.32 Å². The maximum absolute atomic E-state index is 13.9. The molecule has 0 bridgehead atoms. The Labute approximate surface area is 116 Å². The number of nitrogens with zero attached hydrogens (tertiary/aromatic N) is 1. The van der Waals surface area contributed by atoms with Crippen molar-refractivity contribution in [2.75, 3.05) is 11.6 Å². The molecule has 0 saturated heterocycles. The normalized spacial score (nSPS) is 9.95. The van der Waals surface area contributed by atoms with Crippen molar-refractivity contribution in [3.8, 4) is 6.07 Å². The van der Waals surface area contributed by atoms with E-state index in [1.54, 1.807) is 23.9 Å². The van der Waals surface area contributed by atoms with Crippen molar-refractivity contribution >= 4 is 17.4 Å². The quantitative estimate of drug-likeness (QED) is 0.853. The van der Waals surface area contributed by atoms with Crippen molar-refractivity contribution < 1.29 is 4.39 Å². The first-order valence-electron chi connectivity index (χ1n) is 5.80. The van der Waals surface area contributed by atoms with Crippen molar-refractivity contribution in [1.82, 2.24) is 0 Å². The van der Waals surface area contributed by atoms with E-state index in [2.05, 4.69) is 5.32 Å². The molecule has 2 aromatic rings. The van der Waals surface area contributed by atoms with Crippen LogP contribution in [0.4, 0.5) is 10.1 Å². The summed E-state index contributed by atoms with van der Waals surface area (Å²) in [5.74, 6) is -0.445. The number of anilines is 1. The fraction of sp³-hybridized carbons (Fsp3) is 0.133.